The molecule has 0 saturated heterocycles. The molecule has 0 fully saturated rings. The van der Waals surface area contributed by atoms with E-state index in [4.69, 9.17) is 21.7 Å². The van der Waals surface area contributed by atoms with Crippen LogP contribution in [0.4, 0.5) is 5.69 Å². The summed E-state index contributed by atoms with van der Waals surface area (Å²) < 4.78 is 13.0. The van der Waals surface area contributed by atoms with Crippen LogP contribution in [0.2, 0.25) is 0 Å². The number of amides is 1. The second-order valence-electron chi connectivity index (χ2n) is 6.41. The third-order valence-electron chi connectivity index (χ3n) is 4.05. The molecule has 0 atom stereocenters. The lowest BCUT2D eigenvalue weighted by Crippen LogP contribution is -2.29. The Morgan fingerprint density at radius 3 is 2.75 bits per heavy atom. The summed E-state index contributed by atoms with van der Waals surface area (Å²) in [4.78, 5) is 17.2. The Bertz CT molecular complexity index is 807. The smallest absolute Gasteiger partial charge is 0.259 e. The monoisotopic (exact) mass is 405 g/mol. The van der Waals surface area contributed by atoms with Crippen LogP contribution in [0.1, 0.15) is 12.1 Å². The van der Waals surface area contributed by atoms with E-state index >= 15 is 0 Å². The second-order valence-corrected chi connectivity index (χ2v) is 6.81. The number of hydrogen-bond acceptors (Lipinski definition) is 5. The summed E-state index contributed by atoms with van der Waals surface area (Å²) in [5.74, 6) is 0.897. The lowest BCUT2D eigenvalue weighted by Gasteiger charge is -2.15. The normalized spacial score (nSPS) is 10.3. The van der Waals surface area contributed by atoms with E-state index < -0.39 is 0 Å². The van der Waals surface area contributed by atoms with E-state index in [-0.39, 0.29) is 12.5 Å². The zero-order chi connectivity index (χ0) is 20.5. The van der Waals surface area contributed by atoms with Gasteiger partial charge < -0.3 is 29.6 Å². The van der Waals surface area contributed by atoms with E-state index in [1.54, 1.807) is 33.3 Å². The summed E-state index contributed by atoms with van der Waals surface area (Å²) in [7, 11) is 4.91. The Hall–Kier alpha value is -2.81. The maximum atomic E-state index is 11.7. The van der Waals surface area contributed by atoms with E-state index in [2.05, 4.69) is 20.2 Å². The van der Waals surface area contributed by atoms with E-state index in [0.717, 1.165) is 30.9 Å². The fourth-order valence-corrected chi connectivity index (χ4v) is 2.60. The summed E-state index contributed by atoms with van der Waals surface area (Å²) in [6.07, 6.45) is 4.60. The first-order valence-corrected chi connectivity index (χ1v) is 9.34. The molecule has 2 rings (SSSR count). The van der Waals surface area contributed by atoms with E-state index in [1.807, 2.05) is 25.5 Å². The van der Waals surface area contributed by atoms with Crippen molar-refractivity contribution in [1.82, 2.24) is 19.8 Å². The molecule has 0 unspecified atom stereocenters. The van der Waals surface area contributed by atoms with Crippen molar-refractivity contribution in [2.75, 3.05) is 39.7 Å². The fraction of sp³-hybridized carbons (Fsp3) is 0.421. The molecule has 152 valence electrons. The van der Waals surface area contributed by atoms with E-state index in [9.17, 15) is 4.79 Å². The number of ether oxygens (including phenoxy) is 2. The molecular formula is C19H27N5O3S. The number of methoxy groups -OCH3 is 1. The molecule has 1 amide bonds. The number of hydrogen-bond donors (Lipinski definition) is 2. The highest BCUT2D eigenvalue weighted by Gasteiger charge is 2.10. The summed E-state index contributed by atoms with van der Waals surface area (Å²) >= 11 is 5.34. The minimum atomic E-state index is -0.125. The van der Waals surface area contributed by atoms with Crippen LogP contribution < -0.4 is 20.1 Å². The van der Waals surface area contributed by atoms with Crippen molar-refractivity contribution < 1.29 is 14.3 Å². The standard InChI is InChI=1S/C19H27N5O3S/c1-14-11-20-13-24(14)9-5-8-21-19(28)22-15-6-7-16(17(10-15)26-4)27-12-18(25)23(2)3/h6-7,10-11,13H,5,8-9,12H2,1-4H3,(H2,21,22,28). The van der Waals surface area contributed by atoms with Crippen molar-refractivity contribution in [3.05, 3.63) is 36.4 Å². The Balaban J connectivity index is 1.81. The molecule has 1 aromatic heterocycles. The Morgan fingerprint density at radius 1 is 1.32 bits per heavy atom. The van der Waals surface area contributed by atoms with Crippen molar-refractivity contribution in [2.45, 2.75) is 19.9 Å². The molecule has 0 bridgehead atoms. The number of benzene rings is 1. The molecule has 9 heteroatoms. The molecule has 0 radical (unpaired) electrons. The van der Waals surface area contributed by atoms with Gasteiger partial charge in [-0.25, -0.2) is 4.98 Å². The molecule has 0 saturated carbocycles. The molecular weight excluding hydrogens is 378 g/mol. The predicted octanol–water partition coefficient (Wildman–Crippen LogP) is 2.04. The van der Waals surface area contributed by atoms with Crippen LogP contribution >= 0.6 is 12.2 Å². The van der Waals surface area contributed by atoms with Crippen LogP contribution in [0.25, 0.3) is 0 Å². The van der Waals surface area contributed by atoms with Gasteiger partial charge >= 0.3 is 0 Å². The number of aromatic nitrogens is 2. The molecule has 0 aliphatic rings. The van der Waals surface area contributed by atoms with Gasteiger partial charge in [-0.2, -0.15) is 0 Å². The first-order valence-electron chi connectivity index (χ1n) is 8.93. The van der Waals surface area contributed by atoms with Gasteiger partial charge in [-0.05, 0) is 37.7 Å². The number of carbonyl (C=O) groups excluding carboxylic acids is 1. The second kappa shape index (κ2) is 10.5. The number of aryl methyl sites for hydroxylation is 2. The van der Waals surface area contributed by atoms with Gasteiger partial charge in [0.15, 0.2) is 23.2 Å². The predicted molar refractivity (Wildman–Crippen MR) is 113 cm³/mol. The molecule has 0 aliphatic heterocycles. The van der Waals surface area contributed by atoms with Gasteiger partial charge in [0.25, 0.3) is 5.91 Å². The van der Waals surface area contributed by atoms with Gasteiger partial charge in [-0.3, -0.25) is 4.79 Å². The molecule has 8 nitrogen and oxygen atoms in total. The quantitative estimate of drug-likeness (QED) is 0.488. The van der Waals surface area contributed by atoms with Gasteiger partial charge in [-0.1, -0.05) is 0 Å². The highest BCUT2D eigenvalue weighted by molar-refractivity contribution is 7.80. The van der Waals surface area contributed by atoms with Gasteiger partial charge in [0.05, 0.1) is 13.4 Å². The number of rotatable bonds is 9. The minimum absolute atomic E-state index is 0.0491. The first kappa shape index (κ1) is 21.5. The maximum absolute atomic E-state index is 11.7. The van der Waals surface area contributed by atoms with Crippen LogP contribution in [0.3, 0.4) is 0 Å². The van der Waals surface area contributed by atoms with E-state index in [1.165, 1.54) is 4.90 Å². The summed E-state index contributed by atoms with van der Waals surface area (Å²) in [6.45, 7) is 3.61. The molecule has 0 spiro atoms. The maximum Gasteiger partial charge on any atom is 0.259 e. The van der Waals surface area contributed by atoms with Gasteiger partial charge in [0.2, 0.25) is 0 Å². The van der Waals surface area contributed by atoms with Crippen LogP contribution in [0.15, 0.2) is 30.7 Å². The third kappa shape index (κ3) is 6.41. The van der Waals surface area contributed by atoms with Gasteiger partial charge in [0, 0.05) is 50.8 Å². The lowest BCUT2D eigenvalue weighted by atomic mass is 10.2. The number of nitrogens with zero attached hydrogens (tertiary/aromatic N) is 3. The van der Waals surface area contributed by atoms with Crippen LogP contribution in [0.5, 0.6) is 11.5 Å². The lowest BCUT2D eigenvalue weighted by molar-refractivity contribution is -0.130. The zero-order valence-electron chi connectivity index (χ0n) is 16.7. The molecule has 1 aromatic carbocycles. The average Bonchev–Trinajstić information content (AvgIpc) is 3.08. The number of carbonyl (C=O) groups is 1. The van der Waals surface area contributed by atoms with Gasteiger partial charge in [0.1, 0.15) is 0 Å². The summed E-state index contributed by atoms with van der Waals surface area (Å²) in [6, 6.07) is 5.34. The summed E-state index contributed by atoms with van der Waals surface area (Å²) in [5, 5.41) is 6.83. The topological polar surface area (TPSA) is 80.6 Å². The van der Waals surface area contributed by atoms with Crippen molar-refractivity contribution >= 4 is 28.9 Å². The fourth-order valence-electron chi connectivity index (χ4n) is 2.38. The molecule has 2 N–H and O–H groups in total. The molecule has 28 heavy (non-hydrogen) atoms. The van der Waals surface area contributed by atoms with Gasteiger partial charge in [-0.15, -0.1) is 0 Å². The average molecular weight is 406 g/mol. The van der Waals surface area contributed by atoms with E-state index in [0.29, 0.717) is 16.6 Å². The number of nitrogens with one attached hydrogen (secondary N) is 2. The van der Waals surface area contributed by atoms with Crippen LogP contribution in [0, 0.1) is 6.92 Å². The SMILES string of the molecule is COc1cc(NC(=S)NCCCn2cncc2C)ccc1OCC(=O)N(C)C. The Labute approximate surface area is 170 Å². The van der Waals surface area contributed by atoms with Crippen molar-refractivity contribution in [3.8, 4) is 11.5 Å². The van der Waals surface area contributed by atoms with Crippen LogP contribution in [-0.2, 0) is 11.3 Å². The number of imidazole rings is 1. The van der Waals surface area contributed by atoms with Crippen molar-refractivity contribution in [1.29, 1.82) is 0 Å². The highest BCUT2D eigenvalue weighted by atomic mass is 32.1. The largest absolute Gasteiger partial charge is 0.493 e. The minimum Gasteiger partial charge on any atom is -0.493 e. The molecule has 1 heterocycles. The number of likely N-dealkylation sites (N-methyl/N-ethyl adjacent to an activating group) is 1. The molecule has 0 aliphatic carbocycles. The third-order valence-corrected chi connectivity index (χ3v) is 4.30. The number of thiocarbonyl (C=S) groups is 1. The van der Waals surface area contributed by atoms with Crippen LogP contribution in [-0.4, -0.2) is 59.8 Å². The first-order chi connectivity index (χ1) is 13.4. The number of anilines is 1. The summed E-state index contributed by atoms with van der Waals surface area (Å²) in [5.41, 5.74) is 1.91. The zero-order valence-corrected chi connectivity index (χ0v) is 17.5. The van der Waals surface area contributed by atoms with Crippen molar-refractivity contribution in [2.24, 2.45) is 0 Å². The highest BCUT2D eigenvalue weighted by Crippen LogP contribution is 2.30. The molecule has 2 aromatic rings. The van der Waals surface area contributed by atoms with Crippen molar-refractivity contribution in [3.63, 3.8) is 0 Å². The Morgan fingerprint density at radius 2 is 2.11 bits per heavy atom. The Kier molecular flexibility index (Phi) is 8.06.